The predicted molar refractivity (Wildman–Crippen MR) is 67.1 cm³/mol. The summed E-state index contributed by atoms with van der Waals surface area (Å²) in [6.07, 6.45) is -0.915. The van der Waals surface area contributed by atoms with Gasteiger partial charge in [-0.1, -0.05) is 0 Å². The molecule has 0 saturated heterocycles. The van der Waals surface area contributed by atoms with Crippen molar-refractivity contribution < 1.29 is 45.7 Å². The van der Waals surface area contributed by atoms with Gasteiger partial charge in [0.05, 0.1) is 11.5 Å². The van der Waals surface area contributed by atoms with Crippen molar-refractivity contribution in [3.05, 3.63) is 0 Å². The van der Waals surface area contributed by atoms with Crippen LogP contribution in [-0.2, 0) is 29.8 Å². The van der Waals surface area contributed by atoms with Gasteiger partial charge < -0.3 is 19.8 Å². The molecule has 0 rings (SSSR count). The number of hydrogen-bond donors (Lipinski definition) is 2. The Labute approximate surface area is 152 Å². The fourth-order valence-electron chi connectivity index (χ4n) is 0.798. The third-order valence-corrected chi connectivity index (χ3v) is 3.18. The Hall–Kier alpha value is 0.0197. The van der Waals surface area contributed by atoms with Gasteiger partial charge in [-0.25, -0.2) is 0 Å². The molecule has 120 valence electrons. The molecule has 0 aromatic heterocycles. The molecule has 0 aromatic carbocycles. The van der Waals surface area contributed by atoms with E-state index in [1.165, 1.54) is 0 Å². The summed E-state index contributed by atoms with van der Waals surface area (Å²) in [4.78, 5) is 19.4. The number of carboxylic acids is 2. The van der Waals surface area contributed by atoms with E-state index in [9.17, 15) is 36.6 Å². The Morgan fingerprint density at radius 1 is 0.762 bits per heavy atom. The molecule has 0 aliphatic rings. The average molecular weight is 374 g/mol. The first-order valence-electron chi connectivity index (χ1n) is 5.13. The first-order valence-corrected chi connectivity index (χ1v) is 8.35. The molecule has 0 atom stereocenters. The van der Waals surface area contributed by atoms with Gasteiger partial charge in [0.2, 0.25) is 0 Å². The number of carboxylic acid groups (broad SMARTS) is 2. The minimum Gasteiger partial charge on any atom is -0.550 e. The topological polar surface area (TPSA) is 189 Å². The van der Waals surface area contributed by atoms with Crippen molar-refractivity contribution >= 4 is 69.9 Å². The molecule has 0 heterocycles. The zero-order chi connectivity index (χ0) is 16.4. The molecule has 0 aliphatic heterocycles. The standard InChI is InChI=1S/2C4H8O5S.Ca/c2*5-4(6)2-1-3-10(7,8)9;/h2*1-3H2,(H,5,6)(H,7,8,9);/q;;+2/p-2. The van der Waals surface area contributed by atoms with Crippen LogP contribution in [0.4, 0.5) is 0 Å². The molecule has 13 heteroatoms. The fraction of sp³-hybridized carbons (Fsp3) is 0.750. The van der Waals surface area contributed by atoms with Crippen LogP contribution in [-0.4, -0.2) is 87.1 Å². The van der Waals surface area contributed by atoms with Gasteiger partial charge in [0.25, 0.3) is 20.2 Å². The van der Waals surface area contributed by atoms with Crippen LogP contribution in [0.25, 0.3) is 0 Å². The van der Waals surface area contributed by atoms with Crippen LogP contribution in [0.2, 0.25) is 0 Å². The van der Waals surface area contributed by atoms with Gasteiger partial charge in [-0.2, -0.15) is 16.8 Å². The molecule has 0 amide bonds. The van der Waals surface area contributed by atoms with E-state index in [4.69, 9.17) is 9.11 Å². The second-order valence-corrected chi connectivity index (χ2v) is 6.67. The second-order valence-electron chi connectivity index (χ2n) is 3.52. The van der Waals surface area contributed by atoms with Crippen LogP contribution in [0.5, 0.6) is 0 Å². The van der Waals surface area contributed by atoms with E-state index in [2.05, 4.69) is 0 Å². The zero-order valence-corrected chi connectivity index (χ0v) is 14.8. The van der Waals surface area contributed by atoms with Crippen molar-refractivity contribution in [2.75, 3.05) is 11.5 Å². The number of aliphatic carboxylic acids is 2. The van der Waals surface area contributed by atoms with Crippen molar-refractivity contribution in [3.63, 3.8) is 0 Å². The first kappa shape index (κ1) is 25.9. The van der Waals surface area contributed by atoms with Crippen molar-refractivity contribution in [3.8, 4) is 0 Å². The van der Waals surface area contributed by atoms with Crippen molar-refractivity contribution in [2.24, 2.45) is 0 Å². The number of rotatable bonds is 8. The van der Waals surface area contributed by atoms with Crippen LogP contribution in [0.3, 0.4) is 0 Å². The van der Waals surface area contributed by atoms with Gasteiger partial charge in [-0.15, -0.1) is 0 Å². The molecule has 0 radical (unpaired) electrons. The fourth-order valence-corrected chi connectivity index (χ4v) is 1.82. The van der Waals surface area contributed by atoms with Gasteiger partial charge in [-0.05, 0) is 25.7 Å². The van der Waals surface area contributed by atoms with Crippen LogP contribution in [0.15, 0.2) is 0 Å². The molecule has 21 heavy (non-hydrogen) atoms. The normalized spacial score (nSPS) is 10.8. The Bertz CT molecular complexity index is 461. The van der Waals surface area contributed by atoms with E-state index in [-0.39, 0.29) is 63.4 Å². The van der Waals surface area contributed by atoms with Crippen molar-refractivity contribution in [1.29, 1.82) is 0 Å². The summed E-state index contributed by atoms with van der Waals surface area (Å²) < 4.78 is 56.0. The summed E-state index contributed by atoms with van der Waals surface area (Å²) in [5.74, 6) is -3.69. The van der Waals surface area contributed by atoms with E-state index in [1.54, 1.807) is 0 Å². The zero-order valence-electron chi connectivity index (χ0n) is 10.9. The third-order valence-electron chi connectivity index (χ3n) is 1.57. The number of carbonyl (C=O) groups is 2. The SMILES string of the molecule is O=C([O-])CCCS(=O)(=O)O.O=C([O-])CCCS(=O)(=O)O.[Ca+2]. The van der Waals surface area contributed by atoms with Crippen molar-refractivity contribution in [2.45, 2.75) is 25.7 Å². The Balaban J connectivity index is -0.000000295. The van der Waals surface area contributed by atoms with E-state index < -0.39 is 43.7 Å². The molecule has 10 nitrogen and oxygen atoms in total. The summed E-state index contributed by atoms with van der Waals surface area (Å²) in [6, 6.07) is 0. The maximum Gasteiger partial charge on any atom is 2.00 e. The Kier molecular flexibility index (Phi) is 15.5. The summed E-state index contributed by atoms with van der Waals surface area (Å²) in [7, 11) is -8.02. The smallest absolute Gasteiger partial charge is 0.550 e. The number of carbonyl (C=O) groups excluding carboxylic acids is 2. The minimum absolute atomic E-state index is 0. The van der Waals surface area contributed by atoms with Crippen LogP contribution in [0, 0.1) is 0 Å². The molecule has 2 N–H and O–H groups in total. The maximum atomic E-state index is 9.95. The second kappa shape index (κ2) is 12.6. The van der Waals surface area contributed by atoms with Crippen LogP contribution in [0.1, 0.15) is 25.7 Å². The monoisotopic (exact) mass is 374 g/mol. The molecule has 0 aromatic rings. The van der Waals surface area contributed by atoms with Gasteiger partial charge in [0, 0.05) is 11.9 Å². The molecule has 0 saturated carbocycles. The van der Waals surface area contributed by atoms with Gasteiger partial charge in [0.1, 0.15) is 0 Å². The van der Waals surface area contributed by atoms with Crippen molar-refractivity contribution in [1.82, 2.24) is 0 Å². The van der Waals surface area contributed by atoms with Gasteiger partial charge in [0.15, 0.2) is 0 Å². The summed E-state index contributed by atoms with van der Waals surface area (Å²) in [6.45, 7) is 0. The molecular weight excluding hydrogens is 360 g/mol. The van der Waals surface area contributed by atoms with Gasteiger partial charge >= 0.3 is 37.7 Å². The third kappa shape index (κ3) is 33.1. The summed E-state index contributed by atoms with van der Waals surface area (Å²) >= 11 is 0. The van der Waals surface area contributed by atoms with Crippen LogP contribution < -0.4 is 10.2 Å². The van der Waals surface area contributed by atoms with E-state index in [0.29, 0.717) is 0 Å². The maximum absolute atomic E-state index is 9.95. The molecule has 0 bridgehead atoms. The summed E-state index contributed by atoms with van der Waals surface area (Å²) in [5, 5.41) is 19.4. The Morgan fingerprint density at radius 2 is 1.00 bits per heavy atom. The predicted octanol–water partition coefficient (Wildman–Crippen LogP) is -3.57. The molecule has 0 fully saturated rings. The van der Waals surface area contributed by atoms with Gasteiger partial charge in [-0.3, -0.25) is 9.11 Å². The first-order chi connectivity index (χ1) is 8.83. The van der Waals surface area contributed by atoms with E-state index in [0.717, 1.165) is 0 Å². The largest absolute Gasteiger partial charge is 2.00 e. The molecule has 0 spiro atoms. The summed E-state index contributed by atoms with van der Waals surface area (Å²) in [5.41, 5.74) is 0. The average Bonchev–Trinajstić information content (AvgIpc) is 2.12. The number of hydrogen-bond acceptors (Lipinski definition) is 8. The molecular formula is C8H14CaO10S2. The van der Waals surface area contributed by atoms with E-state index >= 15 is 0 Å². The van der Waals surface area contributed by atoms with Crippen LogP contribution >= 0.6 is 0 Å². The quantitative estimate of drug-likeness (QED) is 0.317. The molecule has 0 aliphatic carbocycles. The minimum atomic E-state index is -4.01. The molecule has 0 unspecified atom stereocenters. The Morgan fingerprint density at radius 3 is 1.14 bits per heavy atom. The van der Waals surface area contributed by atoms with E-state index in [1.807, 2.05) is 0 Å².